The van der Waals surface area contributed by atoms with Crippen LogP contribution in [0, 0.1) is 0 Å². The molecule has 0 fully saturated rings. The van der Waals surface area contributed by atoms with E-state index in [4.69, 9.17) is 17.3 Å². The number of nitrogens with zero attached hydrogens (tertiary/aromatic N) is 1. The second-order valence-electron chi connectivity index (χ2n) is 4.91. The van der Waals surface area contributed by atoms with Crippen LogP contribution in [0.2, 0.25) is 5.02 Å². The van der Waals surface area contributed by atoms with Crippen LogP contribution in [0.15, 0.2) is 48.5 Å². The fourth-order valence-corrected chi connectivity index (χ4v) is 2.99. The highest BCUT2D eigenvalue weighted by atomic mass is 35.5. The van der Waals surface area contributed by atoms with Gasteiger partial charge in [0.05, 0.1) is 6.04 Å². The summed E-state index contributed by atoms with van der Waals surface area (Å²) in [4.78, 5) is 2.42. The second-order valence-corrected chi connectivity index (χ2v) is 5.35. The van der Waals surface area contributed by atoms with Crippen molar-refractivity contribution < 1.29 is 0 Å². The molecule has 1 unspecified atom stereocenters. The molecule has 0 aliphatic carbocycles. The van der Waals surface area contributed by atoms with Crippen molar-refractivity contribution in [3.05, 3.63) is 70.2 Å². The van der Waals surface area contributed by atoms with Crippen molar-refractivity contribution in [2.45, 2.75) is 12.6 Å². The number of rotatable bonds is 3. The van der Waals surface area contributed by atoms with Gasteiger partial charge in [-0.25, -0.2) is 0 Å². The molecule has 2 nitrogen and oxygen atoms in total. The molecule has 20 heavy (non-hydrogen) atoms. The summed E-state index contributed by atoms with van der Waals surface area (Å²) in [6.45, 7) is 2.56. The van der Waals surface area contributed by atoms with Gasteiger partial charge < -0.3 is 5.73 Å². The van der Waals surface area contributed by atoms with Gasteiger partial charge in [0.15, 0.2) is 0 Å². The van der Waals surface area contributed by atoms with Crippen molar-refractivity contribution in [3.63, 3.8) is 0 Å². The minimum absolute atomic E-state index is 0. The predicted molar refractivity (Wildman–Crippen MR) is 86.4 cm³/mol. The standard InChI is InChI=1S/C16H17ClN2.ClH/c17-14-7-5-12(6-8-14)16-15-4-2-1-3-13(15)11-19(16)10-9-18;/h1-8,16H,9-11,18H2;1H. The monoisotopic (exact) mass is 308 g/mol. The molecule has 0 spiro atoms. The van der Waals surface area contributed by atoms with Crippen LogP contribution in [0.5, 0.6) is 0 Å². The smallest absolute Gasteiger partial charge is 0.0608 e. The van der Waals surface area contributed by atoms with Crippen molar-refractivity contribution in [3.8, 4) is 0 Å². The van der Waals surface area contributed by atoms with Gasteiger partial charge in [-0.3, -0.25) is 4.90 Å². The Hall–Kier alpha value is -1.06. The third kappa shape index (κ3) is 2.84. The Morgan fingerprint density at radius 2 is 1.80 bits per heavy atom. The van der Waals surface area contributed by atoms with E-state index in [9.17, 15) is 0 Å². The molecular weight excluding hydrogens is 291 g/mol. The van der Waals surface area contributed by atoms with Crippen molar-refractivity contribution in [2.24, 2.45) is 5.73 Å². The maximum absolute atomic E-state index is 5.98. The molecule has 2 aromatic rings. The fourth-order valence-electron chi connectivity index (χ4n) is 2.86. The van der Waals surface area contributed by atoms with Gasteiger partial charge >= 0.3 is 0 Å². The van der Waals surface area contributed by atoms with Crippen LogP contribution in [0.25, 0.3) is 0 Å². The first-order valence-electron chi connectivity index (χ1n) is 6.57. The van der Waals surface area contributed by atoms with Crippen LogP contribution in [-0.2, 0) is 6.54 Å². The highest BCUT2D eigenvalue weighted by Gasteiger charge is 2.30. The van der Waals surface area contributed by atoms with Gasteiger partial charge in [-0.1, -0.05) is 48.0 Å². The van der Waals surface area contributed by atoms with E-state index in [2.05, 4.69) is 41.3 Å². The lowest BCUT2D eigenvalue weighted by Crippen LogP contribution is -2.28. The highest BCUT2D eigenvalue weighted by molar-refractivity contribution is 6.30. The molecule has 1 atom stereocenters. The fraction of sp³-hybridized carbons (Fsp3) is 0.250. The van der Waals surface area contributed by atoms with Crippen LogP contribution in [0.3, 0.4) is 0 Å². The second kappa shape index (κ2) is 6.59. The zero-order valence-electron chi connectivity index (χ0n) is 11.1. The molecule has 2 aromatic carbocycles. The average Bonchev–Trinajstić information content (AvgIpc) is 2.78. The maximum Gasteiger partial charge on any atom is 0.0608 e. The number of nitrogens with two attached hydrogens (primary N) is 1. The van der Waals surface area contributed by atoms with Crippen LogP contribution in [0.4, 0.5) is 0 Å². The minimum atomic E-state index is 0. The Morgan fingerprint density at radius 1 is 1.10 bits per heavy atom. The third-order valence-corrected chi connectivity index (χ3v) is 3.94. The molecule has 0 saturated heterocycles. The van der Waals surface area contributed by atoms with Gasteiger partial charge in [-0.15, -0.1) is 12.4 Å². The van der Waals surface area contributed by atoms with Crippen molar-refractivity contribution in [1.82, 2.24) is 4.90 Å². The van der Waals surface area contributed by atoms with E-state index in [-0.39, 0.29) is 12.4 Å². The van der Waals surface area contributed by atoms with Gasteiger partial charge in [0.25, 0.3) is 0 Å². The first kappa shape index (κ1) is 15.3. The molecule has 1 heterocycles. The topological polar surface area (TPSA) is 29.3 Å². The minimum Gasteiger partial charge on any atom is -0.329 e. The SMILES string of the molecule is Cl.NCCN1Cc2ccccc2C1c1ccc(Cl)cc1. The summed E-state index contributed by atoms with van der Waals surface area (Å²) >= 11 is 5.98. The van der Waals surface area contributed by atoms with E-state index in [0.29, 0.717) is 12.6 Å². The first-order valence-corrected chi connectivity index (χ1v) is 6.95. The molecule has 0 saturated carbocycles. The summed E-state index contributed by atoms with van der Waals surface area (Å²) in [7, 11) is 0. The molecule has 1 aliphatic rings. The van der Waals surface area contributed by atoms with Gasteiger partial charge in [-0.05, 0) is 28.8 Å². The Bertz CT molecular complexity index is 569. The summed E-state index contributed by atoms with van der Waals surface area (Å²) in [5.74, 6) is 0. The van der Waals surface area contributed by atoms with E-state index in [1.165, 1.54) is 16.7 Å². The van der Waals surface area contributed by atoms with E-state index in [1.807, 2.05) is 12.1 Å². The molecule has 4 heteroatoms. The van der Waals surface area contributed by atoms with E-state index in [0.717, 1.165) is 18.1 Å². The molecule has 1 aliphatic heterocycles. The zero-order chi connectivity index (χ0) is 13.2. The normalized spacial score (nSPS) is 17.6. The molecule has 106 valence electrons. The molecule has 0 bridgehead atoms. The van der Waals surface area contributed by atoms with Crippen molar-refractivity contribution in [2.75, 3.05) is 13.1 Å². The van der Waals surface area contributed by atoms with Gasteiger partial charge in [-0.2, -0.15) is 0 Å². The van der Waals surface area contributed by atoms with Gasteiger partial charge in [0, 0.05) is 24.7 Å². The maximum atomic E-state index is 5.98. The summed E-state index contributed by atoms with van der Waals surface area (Å²) in [5, 5.41) is 0.778. The van der Waals surface area contributed by atoms with Crippen LogP contribution >= 0.6 is 24.0 Å². The van der Waals surface area contributed by atoms with Gasteiger partial charge in [0.2, 0.25) is 0 Å². The lowest BCUT2D eigenvalue weighted by atomic mass is 9.98. The summed E-state index contributed by atoms with van der Waals surface area (Å²) in [5.41, 5.74) is 9.81. The summed E-state index contributed by atoms with van der Waals surface area (Å²) in [6, 6.07) is 17.1. The van der Waals surface area contributed by atoms with Crippen LogP contribution in [-0.4, -0.2) is 18.0 Å². The van der Waals surface area contributed by atoms with Crippen molar-refractivity contribution in [1.29, 1.82) is 0 Å². The number of benzene rings is 2. The first-order chi connectivity index (χ1) is 9.29. The van der Waals surface area contributed by atoms with Crippen molar-refractivity contribution >= 4 is 24.0 Å². The molecule has 0 radical (unpaired) electrons. The average molecular weight is 309 g/mol. The Balaban J connectivity index is 0.00000147. The van der Waals surface area contributed by atoms with E-state index >= 15 is 0 Å². The molecular formula is C16H18Cl2N2. The number of fused-ring (bicyclic) bond motifs is 1. The predicted octanol–water partition coefficient (Wildman–Crippen LogP) is 3.63. The van der Waals surface area contributed by atoms with Crippen LogP contribution in [0.1, 0.15) is 22.7 Å². The molecule has 0 aromatic heterocycles. The zero-order valence-corrected chi connectivity index (χ0v) is 12.7. The number of hydrogen-bond acceptors (Lipinski definition) is 2. The van der Waals surface area contributed by atoms with E-state index < -0.39 is 0 Å². The quantitative estimate of drug-likeness (QED) is 0.938. The van der Waals surface area contributed by atoms with E-state index in [1.54, 1.807) is 0 Å². The largest absolute Gasteiger partial charge is 0.329 e. The van der Waals surface area contributed by atoms with Gasteiger partial charge in [0.1, 0.15) is 0 Å². The lowest BCUT2D eigenvalue weighted by Gasteiger charge is -2.25. The third-order valence-electron chi connectivity index (χ3n) is 3.69. The summed E-state index contributed by atoms with van der Waals surface area (Å²) < 4.78 is 0. The Morgan fingerprint density at radius 3 is 2.50 bits per heavy atom. The Labute approximate surface area is 130 Å². The lowest BCUT2D eigenvalue weighted by molar-refractivity contribution is 0.251. The summed E-state index contributed by atoms with van der Waals surface area (Å²) in [6.07, 6.45) is 0. The molecule has 3 rings (SSSR count). The highest BCUT2D eigenvalue weighted by Crippen LogP contribution is 2.38. The molecule has 0 amide bonds. The number of hydrogen-bond donors (Lipinski definition) is 1. The van der Waals surface area contributed by atoms with Crippen LogP contribution < -0.4 is 5.73 Å². The Kier molecular flexibility index (Phi) is 5.06. The number of halogens is 2. The molecule has 2 N–H and O–H groups in total.